The summed E-state index contributed by atoms with van der Waals surface area (Å²) >= 11 is 3.25. The monoisotopic (exact) mass is 300 g/mol. The van der Waals surface area contributed by atoms with E-state index in [0.29, 0.717) is 0 Å². The van der Waals surface area contributed by atoms with Crippen LogP contribution in [0.2, 0.25) is 0 Å². The summed E-state index contributed by atoms with van der Waals surface area (Å²) in [5.41, 5.74) is 0.239. The zero-order valence-electron chi connectivity index (χ0n) is 9.30. The number of hydrogen-bond donors (Lipinski definition) is 2. The van der Waals surface area contributed by atoms with Gasteiger partial charge in [-0.05, 0) is 44.1 Å². The first-order chi connectivity index (χ1) is 8.16. The number of nitrogens with one attached hydrogen (secondary N) is 2. The normalized spacial score (nSPS) is 16.8. The molecule has 1 aromatic carbocycles. The third kappa shape index (κ3) is 3.26. The third-order valence-corrected chi connectivity index (χ3v) is 3.39. The van der Waals surface area contributed by atoms with E-state index < -0.39 is 5.82 Å². The van der Waals surface area contributed by atoms with Crippen molar-refractivity contribution in [1.82, 2.24) is 5.32 Å². The largest absolute Gasteiger partial charge is 0.323 e. The van der Waals surface area contributed by atoms with E-state index in [-0.39, 0.29) is 17.5 Å². The molecule has 0 unspecified atom stereocenters. The van der Waals surface area contributed by atoms with Gasteiger partial charge in [0.15, 0.2) is 0 Å². The number of carbonyl (C=O) groups is 1. The second kappa shape index (κ2) is 5.60. The molecule has 0 aromatic heterocycles. The zero-order valence-corrected chi connectivity index (χ0v) is 10.9. The summed E-state index contributed by atoms with van der Waals surface area (Å²) in [6, 6.07) is 4.52. The van der Waals surface area contributed by atoms with E-state index in [2.05, 4.69) is 26.6 Å². The Hall–Kier alpha value is -0.940. The minimum atomic E-state index is -0.407. The lowest BCUT2D eigenvalue weighted by Gasteiger charge is -2.21. The van der Waals surface area contributed by atoms with E-state index in [1.54, 1.807) is 12.1 Å². The fraction of sp³-hybridized carbons (Fsp3) is 0.417. The summed E-state index contributed by atoms with van der Waals surface area (Å²) in [7, 11) is 0. The lowest BCUT2D eigenvalue weighted by molar-refractivity contribution is -0.120. The van der Waals surface area contributed by atoms with Crippen LogP contribution < -0.4 is 10.6 Å². The highest BCUT2D eigenvalue weighted by Crippen LogP contribution is 2.22. The Bertz CT molecular complexity index is 419. The molecule has 1 heterocycles. The first-order valence-electron chi connectivity index (χ1n) is 5.63. The Morgan fingerprint density at radius 3 is 2.82 bits per heavy atom. The van der Waals surface area contributed by atoms with Crippen LogP contribution in [0, 0.1) is 11.7 Å². The highest BCUT2D eigenvalue weighted by Gasteiger charge is 2.21. The molecule has 1 fully saturated rings. The Labute approximate surface area is 108 Å². The number of anilines is 1. The zero-order chi connectivity index (χ0) is 12.3. The molecule has 1 aliphatic rings. The van der Waals surface area contributed by atoms with Crippen molar-refractivity contribution in [2.24, 2.45) is 5.92 Å². The van der Waals surface area contributed by atoms with E-state index in [4.69, 9.17) is 0 Å². The van der Waals surface area contributed by atoms with E-state index in [1.165, 1.54) is 6.07 Å². The number of amides is 1. The van der Waals surface area contributed by atoms with Crippen molar-refractivity contribution in [3.63, 3.8) is 0 Å². The smallest absolute Gasteiger partial charge is 0.227 e. The molecule has 0 spiro atoms. The van der Waals surface area contributed by atoms with Gasteiger partial charge in [-0.1, -0.05) is 15.9 Å². The Balaban J connectivity index is 2.04. The van der Waals surface area contributed by atoms with Crippen LogP contribution in [0.15, 0.2) is 22.7 Å². The summed E-state index contributed by atoms with van der Waals surface area (Å²) in [5, 5.41) is 5.84. The predicted molar refractivity (Wildman–Crippen MR) is 68.3 cm³/mol. The van der Waals surface area contributed by atoms with Gasteiger partial charge in [0.05, 0.1) is 5.69 Å². The maximum absolute atomic E-state index is 13.4. The highest BCUT2D eigenvalue weighted by atomic mass is 79.9. The SMILES string of the molecule is O=C(Nc1cc(Br)ccc1F)C1CCNCC1. The molecule has 0 aliphatic carbocycles. The highest BCUT2D eigenvalue weighted by molar-refractivity contribution is 9.10. The second-order valence-electron chi connectivity index (χ2n) is 4.14. The molecule has 0 radical (unpaired) electrons. The van der Waals surface area contributed by atoms with Crippen LogP contribution in [0.3, 0.4) is 0 Å². The molecule has 0 bridgehead atoms. The summed E-state index contributed by atoms with van der Waals surface area (Å²) < 4.78 is 14.2. The van der Waals surface area contributed by atoms with Crippen LogP contribution in [0.25, 0.3) is 0 Å². The lowest BCUT2D eigenvalue weighted by Crippen LogP contribution is -2.34. The third-order valence-electron chi connectivity index (χ3n) is 2.90. The van der Waals surface area contributed by atoms with Crippen LogP contribution in [-0.4, -0.2) is 19.0 Å². The van der Waals surface area contributed by atoms with Gasteiger partial charge in [0.2, 0.25) is 5.91 Å². The number of carbonyl (C=O) groups excluding carboxylic acids is 1. The molecule has 92 valence electrons. The minimum Gasteiger partial charge on any atom is -0.323 e. The van der Waals surface area contributed by atoms with E-state index in [1.807, 2.05) is 0 Å². The maximum atomic E-state index is 13.4. The molecular formula is C12H14BrFN2O. The molecule has 17 heavy (non-hydrogen) atoms. The van der Waals surface area contributed by atoms with Gasteiger partial charge in [0, 0.05) is 10.4 Å². The van der Waals surface area contributed by atoms with Gasteiger partial charge >= 0.3 is 0 Å². The molecule has 1 aliphatic heterocycles. The number of rotatable bonds is 2. The predicted octanol–water partition coefficient (Wildman–Crippen LogP) is 2.53. The van der Waals surface area contributed by atoms with Gasteiger partial charge in [-0.25, -0.2) is 4.39 Å². The Kier molecular flexibility index (Phi) is 4.12. The summed E-state index contributed by atoms with van der Waals surface area (Å²) in [6.07, 6.45) is 1.61. The number of hydrogen-bond acceptors (Lipinski definition) is 2. The van der Waals surface area contributed by atoms with Crippen LogP contribution in [0.5, 0.6) is 0 Å². The Morgan fingerprint density at radius 2 is 2.12 bits per heavy atom. The minimum absolute atomic E-state index is 0.0189. The fourth-order valence-electron chi connectivity index (χ4n) is 1.91. The molecule has 1 amide bonds. The first-order valence-corrected chi connectivity index (χ1v) is 6.43. The van der Waals surface area contributed by atoms with E-state index in [0.717, 1.165) is 30.4 Å². The molecular weight excluding hydrogens is 287 g/mol. The molecule has 2 N–H and O–H groups in total. The van der Waals surface area contributed by atoms with Crippen LogP contribution in [-0.2, 0) is 4.79 Å². The van der Waals surface area contributed by atoms with Crippen molar-refractivity contribution in [2.75, 3.05) is 18.4 Å². The van der Waals surface area contributed by atoms with Gasteiger partial charge < -0.3 is 10.6 Å². The quantitative estimate of drug-likeness (QED) is 0.881. The number of halogens is 2. The summed E-state index contributed by atoms with van der Waals surface area (Å²) in [4.78, 5) is 11.9. The lowest BCUT2D eigenvalue weighted by atomic mass is 9.97. The van der Waals surface area contributed by atoms with Gasteiger partial charge in [0.1, 0.15) is 5.82 Å². The van der Waals surface area contributed by atoms with E-state index >= 15 is 0 Å². The van der Waals surface area contributed by atoms with Gasteiger partial charge in [-0.3, -0.25) is 4.79 Å². The van der Waals surface area contributed by atoms with Gasteiger partial charge in [0.25, 0.3) is 0 Å². The van der Waals surface area contributed by atoms with Crippen molar-refractivity contribution in [3.05, 3.63) is 28.5 Å². The maximum Gasteiger partial charge on any atom is 0.227 e. The van der Waals surface area contributed by atoms with Crippen molar-refractivity contribution in [3.8, 4) is 0 Å². The fourth-order valence-corrected chi connectivity index (χ4v) is 2.27. The van der Waals surface area contributed by atoms with Crippen LogP contribution in [0.1, 0.15) is 12.8 Å². The molecule has 1 aromatic rings. The van der Waals surface area contributed by atoms with Crippen LogP contribution in [0.4, 0.5) is 10.1 Å². The molecule has 1 saturated heterocycles. The average molecular weight is 301 g/mol. The molecule has 5 heteroatoms. The van der Waals surface area contributed by atoms with Crippen molar-refractivity contribution < 1.29 is 9.18 Å². The topological polar surface area (TPSA) is 41.1 Å². The second-order valence-corrected chi connectivity index (χ2v) is 5.05. The Morgan fingerprint density at radius 1 is 1.41 bits per heavy atom. The molecule has 0 saturated carbocycles. The number of benzene rings is 1. The van der Waals surface area contributed by atoms with Crippen molar-refractivity contribution >= 4 is 27.5 Å². The van der Waals surface area contributed by atoms with Crippen molar-refractivity contribution in [2.45, 2.75) is 12.8 Å². The van der Waals surface area contributed by atoms with Gasteiger partial charge in [-0.2, -0.15) is 0 Å². The van der Waals surface area contributed by atoms with Crippen molar-refractivity contribution in [1.29, 1.82) is 0 Å². The van der Waals surface area contributed by atoms with Gasteiger partial charge in [-0.15, -0.1) is 0 Å². The summed E-state index contributed by atoms with van der Waals surface area (Å²) in [6.45, 7) is 1.69. The molecule has 0 atom stereocenters. The first kappa shape index (κ1) is 12.5. The number of piperidine rings is 1. The molecule has 3 nitrogen and oxygen atoms in total. The average Bonchev–Trinajstić information content (AvgIpc) is 2.35. The van der Waals surface area contributed by atoms with E-state index in [9.17, 15) is 9.18 Å². The molecule has 2 rings (SSSR count). The standard InChI is InChI=1S/C12H14BrFN2O/c13-9-1-2-10(14)11(7-9)16-12(17)8-3-5-15-6-4-8/h1-2,7-8,15H,3-6H2,(H,16,17). The summed E-state index contributed by atoms with van der Waals surface area (Å²) in [5.74, 6) is -0.520. The van der Waals surface area contributed by atoms with Crippen LogP contribution >= 0.6 is 15.9 Å².